The maximum absolute atomic E-state index is 8.36. The van der Waals surface area contributed by atoms with Crippen LogP contribution in [0.4, 0.5) is 0 Å². The fraction of sp³-hybridized carbons (Fsp3) is 0.0714. The number of carboxylic acid groups (broad SMARTS) is 2. The fourth-order valence-electron chi connectivity index (χ4n) is 4.00. The molecule has 0 unspecified atom stereocenters. The molecule has 5 heteroatoms. The molecule has 6 rings (SSSR count). The van der Waals surface area contributed by atoms with Crippen molar-refractivity contribution in [2.24, 2.45) is 0 Å². The molecule has 0 spiro atoms. The summed E-state index contributed by atoms with van der Waals surface area (Å²) in [6.07, 6.45) is 2.10. The van der Waals surface area contributed by atoms with Crippen molar-refractivity contribution in [1.29, 1.82) is 0 Å². The van der Waals surface area contributed by atoms with Crippen LogP contribution in [0.3, 0.4) is 0 Å². The molecule has 0 radical (unpaired) electrons. The van der Waals surface area contributed by atoms with E-state index in [2.05, 4.69) is 84.9 Å². The zero-order chi connectivity index (χ0) is 22.8. The topological polar surface area (TPSA) is 74.6 Å². The predicted octanol–water partition coefficient (Wildman–Crippen LogP) is 5.52. The van der Waals surface area contributed by atoms with E-state index in [0.717, 1.165) is 12.8 Å². The first-order valence-electron chi connectivity index (χ1n) is 10.0. The van der Waals surface area contributed by atoms with Crippen molar-refractivity contribution in [3.8, 4) is 22.3 Å². The van der Waals surface area contributed by atoms with E-state index in [0.29, 0.717) is 0 Å². The zero-order valence-corrected chi connectivity index (χ0v) is 19.4. The molecule has 2 N–H and O–H groups in total. The zero-order valence-electron chi connectivity index (χ0n) is 17.9. The minimum absolute atomic E-state index is 0. The van der Waals surface area contributed by atoms with Crippen molar-refractivity contribution in [1.82, 2.24) is 0 Å². The Balaban J connectivity index is 0.000000185. The molecule has 162 valence electrons. The van der Waals surface area contributed by atoms with Crippen LogP contribution in [0.15, 0.2) is 84.9 Å². The minimum Gasteiger partial charge on any atom is -0.483 e. The summed E-state index contributed by atoms with van der Waals surface area (Å²) in [6.45, 7) is -0.500. The normalized spacial score (nSPS) is 10.4. The van der Waals surface area contributed by atoms with Crippen molar-refractivity contribution in [2.45, 2.75) is 12.8 Å². The van der Waals surface area contributed by atoms with Crippen LogP contribution in [0.1, 0.15) is 22.3 Å². The Labute approximate surface area is 208 Å². The van der Waals surface area contributed by atoms with Crippen molar-refractivity contribution in [3.63, 3.8) is 0 Å². The van der Waals surface area contributed by atoms with Gasteiger partial charge in [-0.1, -0.05) is 70.8 Å². The van der Waals surface area contributed by atoms with Crippen molar-refractivity contribution < 1.29 is 41.5 Å². The third kappa shape index (κ3) is 6.29. The van der Waals surface area contributed by atoms with Crippen LogP contribution in [-0.4, -0.2) is 23.2 Å². The largest absolute Gasteiger partial charge is 2.00 e. The van der Waals surface area contributed by atoms with Crippen molar-refractivity contribution >= 4 is 12.9 Å². The van der Waals surface area contributed by atoms with Crippen LogP contribution in [0, 0.1) is 12.1 Å². The van der Waals surface area contributed by atoms with Crippen LogP contribution in [0.5, 0.6) is 0 Å². The van der Waals surface area contributed by atoms with Crippen molar-refractivity contribution in [3.05, 3.63) is 119 Å². The summed E-state index contributed by atoms with van der Waals surface area (Å²) in [5, 5.41) is 13.8. The summed E-state index contributed by atoms with van der Waals surface area (Å²) >= 11 is 0. The maximum Gasteiger partial charge on any atom is 2.00 e. The van der Waals surface area contributed by atoms with Gasteiger partial charge in [0.2, 0.25) is 0 Å². The number of benzene rings is 4. The van der Waals surface area contributed by atoms with E-state index in [1.807, 2.05) is 12.1 Å². The molecule has 0 amide bonds. The van der Waals surface area contributed by atoms with E-state index in [4.69, 9.17) is 19.8 Å². The first-order valence-corrected chi connectivity index (χ1v) is 10.0. The minimum atomic E-state index is -0.250. The molecule has 0 aliphatic heterocycles. The van der Waals surface area contributed by atoms with Gasteiger partial charge in [-0.25, -0.2) is 0 Å². The number of carbonyl (C=O) groups is 2. The van der Waals surface area contributed by atoms with Gasteiger partial charge < -0.3 is 10.2 Å². The molecular formula is C28H22O4Ti. The summed E-state index contributed by atoms with van der Waals surface area (Å²) in [6, 6.07) is 36.2. The van der Waals surface area contributed by atoms with Crippen LogP contribution < -0.4 is 0 Å². The molecule has 4 aromatic carbocycles. The van der Waals surface area contributed by atoms with Gasteiger partial charge in [-0.15, -0.1) is 11.1 Å². The van der Waals surface area contributed by atoms with E-state index in [1.165, 1.54) is 44.5 Å². The van der Waals surface area contributed by atoms with Gasteiger partial charge in [0.25, 0.3) is 12.9 Å². The Morgan fingerprint density at radius 2 is 0.909 bits per heavy atom. The van der Waals surface area contributed by atoms with Crippen LogP contribution >= 0.6 is 0 Å². The molecular weight excluding hydrogens is 448 g/mol. The number of rotatable bonds is 0. The van der Waals surface area contributed by atoms with Gasteiger partial charge in [0.1, 0.15) is 0 Å². The molecule has 0 aromatic heterocycles. The molecule has 0 saturated heterocycles. The Kier molecular flexibility index (Phi) is 10.3. The third-order valence-electron chi connectivity index (χ3n) is 5.23. The molecule has 2 aliphatic carbocycles. The molecule has 0 heterocycles. The Morgan fingerprint density at radius 1 is 0.576 bits per heavy atom. The Morgan fingerprint density at radius 3 is 1.30 bits per heavy atom. The standard InChI is InChI=1S/2C13H9.2CH2O2.Ti/c2*1-3-7-12-10(5-1)9-11-6-2-4-8-13(11)12;2*2-1-3;/h2*1-5,7-8H,9H2;2*1H,(H,2,3);/q2*-1;;;+2. The first kappa shape index (κ1) is 25.8. The SMILES string of the molecule is O=CO.O=CO.[Ti+2].[c-]1cccc2c1Cc1ccccc1-2.[c-]1cccc2c1Cc1ccccc1-2. The van der Waals surface area contributed by atoms with Crippen LogP contribution in [0.25, 0.3) is 22.3 Å². The summed E-state index contributed by atoms with van der Waals surface area (Å²) in [5.74, 6) is 0. The van der Waals surface area contributed by atoms with E-state index >= 15 is 0 Å². The maximum atomic E-state index is 8.36. The third-order valence-corrected chi connectivity index (χ3v) is 5.23. The Bertz CT molecular complexity index is 1020. The average molecular weight is 470 g/mol. The Hall–Kier alpha value is -3.47. The van der Waals surface area contributed by atoms with Gasteiger partial charge in [-0.3, -0.25) is 9.59 Å². The molecule has 4 nitrogen and oxygen atoms in total. The molecule has 0 saturated carbocycles. The average Bonchev–Trinajstić information content (AvgIpc) is 3.39. The van der Waals surface area contributed by atoms with E-state index in [-0.39, 0.29) is 34.7 Å². The first-order chi connectivity index (χ1) is 15.7. The number of fused-ring (bicyclic) bond motifs is 6. The smallest absolute Gasteiger partial charge is 0.483 e. The van der Waals surface area contributed by atoms with Gasteiger partial charge in [0.15, 0.2) is 0 Å². The number of hydrogen-bond acceptors (Lipinski definition) is 2. The molecule has 2 aliphatic rings. The molecule has 0 atom stereocenters. The van der Waals surface area contributed by atoms with Gasteiger partial charge in [0.05, 0.1) is 0 Å². The summed E-state index contributed by atoms with van der Waals surface area (Å²) in [5.41, 5.74) is 11.0. The van der Waals surface area contributed by atoms with Gasteiger partial charge >= 0.3 is 21.7 Å². The second-order valence-corrected chi connectivity index (χ2v) is 7.00. The molecule has 4 aromatic rings. The second-order valence-electron chi connectivity index (χ2n) is 7.00. The van der Waals surface area contributed by atoms with Gasteiger partial charge in [-0.2, -0.15) is 59.7 Å². The van der Waals surface area contributed by atoms with Crippen LogP contribution in [-0.2, 0) is 44.1 Å². The molecule has 0 bridgehead atoms. The second kappa shape index (κ2) is 13.2. The fourth-order valence-corrected chi connectivity index (χ4v) is 4.00. The van der Waals surface area contributed by atoms with E-state index < -0.39 is 0 Å². The molecule has 33 heavy (non-hydrogen) atoms. The van der Waals surface area contributed by atoms with Gasteiger partial charge in [0, 0.05) is 0 Å². The van der Waals surface area contributed by atoms with Crippen molar-refractivity contribution in [2.75, 3.05) is 0 Å². The monoisotopic (exact) mass is 470 g/mol. The van der Waals surface area contributed by atoms with E-state index in [9.17, 15) is 0 Å². The van der Waals surface area contributed by atoms with Gasteiger partial charge in [-0.05, 0) is 12.8 Å². The van der Waals surface area contributed by atoms with E-state index in [1.54, 1.807) is 0 Å². The van der Waals surface area contributed by atoms with Crippen LogP contribution in [0.2, 0.25) is 0 Å². The summed E-state index contributed by atoms with van der Waals surface area (Å²) < 4.78 is 0. The summed E-state index contributed by atoms with van der Waals surface area (Å²) in [7, 11) is 0. The summed E-state index contributed by atoms with van der Waals surface area (Å²) in [4.78, 5) is 16.7. The number of hydrogen-bond donors (Lipinski definition) is 2. The predicted molar refractivity (Wildman–Crippen MR) is 124 cm³/mol. The quantitative estimate of drug-likeness (QED) is 0.174. The molecule has 0 fully saturated rings.